The van der Waals surface area contributed by atoms with E-state index in [2.05, 4.69) is 55.6 Å². The minimum atomic E-state index is -1.67. The first-order valence-electron chi connectivity index (χ1n) is 28.9. The van der Waals surface area contributed by atoms with E-state index in [0.29, 0.717) is 19.3 Å². The van der Waals surface area contributed by atoms with Gasteiger partial charge in [0, 0.05) is 0 Å². The highest BCUT2D eigenvalue weighted by molar-refractivity contribution is 5.80. The molecular weight excluding hydrogens is 871 g/mol. The largest absolute Gasteiger partial charge is 0.394 e. The smallest absolute Gasteiger partial charge is 0.249 e. The molecule has 0 saturated carbocycles. The first-order chi connectivity index (χ1) is 33.7. The summed E-state index contributed by atoms with van der Waals surface area (Å²) in [6, 6.07) is -1.19. The van der Waals surface area contributed by atoms with Gasteiger partial charge in [-0.1, -0.05) is 230 Å². The minimum Gasteiger partial charge on any atom is -0.394 e. The molecule has 0 spiro atoms. The molecule has 11 heteroatoms. The number of amides is 1. The van der Waals surface area contributed by atoms with Crippen molar-refractivity contribution in [1.82, 2.24) is 5.32 Å². The van der Waals surface area contributed by atoms with Crippen LogP contribution in [0.1, 0.15) is 258 Å². The summed E-state index contributed by atoms with van der Waals surface area (Å²) in [5.74, 6) is -0.709. The lowest BCUT2D eigenvalue weighted by atomic mass is 9.98. The molecule has 0 bridgehead atoms. The maximum Gasteiger partial charge on any atom is 0.249 e. The topological polar surface area (TPSA) is 189 Å². The summed E-state index contributed by atoms with van der Waals surface area (Å²) in [7, 11) is 0. The molecule has 1 aliphatic rings. The summed E-state index contributed by atoms with van der Waals surface area (Å²) < 4.78 is 11.1. The van der Waals surface area contributed by atoms with Crippen LogP contribution in [0.3, 0.4) is 0 Å². The van der Waals surface area contributed by atoms with Gasteiger partial charge in [-0.05, 0) is 64.2 Å². The van der Waals surface area contributed by atoms with Crippen LogP contribution in [-0.2, 0) is 14.3 Å². The number of rotatable bonds is 49. The van der Waals surface area contributed by atoms with Crippen LogP contribution < -0.4 is 5.32 Å². The number of aliphatic hydroxyl groups is 7. The van der Waals surface area contributed by atoms with Crippen molar-refractivity contribution < 1.29 is 50.0 Å². The Bertz CT molecular complexity index is 1210. The number of nitrogens with one attached hydrogen (secondary N) is 1. The van der Waals surface area contributed by atoms with Crippen LogP contribution in [0.25, 0.3) is 0 Å². The number of ether oxygens (including phenoxy) is 2. The molecule has 0 radical (unpaired) electrons. The lowest BCUT2D eigenvalue weighted by molar-refractivity contribution is -0.303. The molecule has 1 rings (SSSR count). The molecule has 1 saturated heterocycles. The Labute approximate surface area is 422 Å². The van der Waals surface area contributed by atoms with E-state index in [1.54, 1.807) is 0 Å². The highest BCUT2D eigenvalue weighted by atomic mass is 16.7. The number of carbonyl (C=O) groups excluding carboxylic acids is 1. The van der Waals surface area contributed by atoms with Gasteiger partial charge < -0.3 is 50.5 Å². The Morgan fingerprint density at radius 1 is 0.493 bits per heavy atom. The summed E-state index contributed by atoms with van der Waals surface area (Å²) in [5.41, 5.74) is 0. The third-order valence-corrected chi connectivity index (χ3v) is 13.9. The zero-order chi connectivity index (χ0) is 50.4. The fourth-order valence-electron chi connectivity index (χ4n) is 9.18. The highest BCUT2D eigenvalue weighted by Crippen LogP contribution is 2.23. The molecule has 1 amide bonds. The van der Waals surface area contributed by atoms with E-state index in [4.69, 9.17) is 9.47 Å². The molecule has 69 heavy (non-hydrogen) atoms. The van der Waals surface area contributed by atoms with E-state index in [1.807, 2.05) is 0 Å². The van der Waals surface area contributed by atoms with E-state index in [9.17, 15) is 40.5 Å². The second-order valence-electron chi connectivity index (χ2n) is 20.3. The Morgan fingerprint density at radius 3 is 1.29 bits per heavy atom. The van der Waals surface area contributed by atoms with Gasteiger partial charge >= 0.3 is 0 Å². The van der Waals surface area contributed by atoms with Gasteiger partial charge in [0.15, 0.2) is 6.29 Å². The summed E-state index contributed by atoms with van der Waals surface area (Å²) in [6.07, 6.45) is 46.3. The van der Waals surface area contributed by atoms with Gasteiger partial charge in [0.2, 0.25) is 5.91 Å². The Balaban J connectivity index is 2.36. The summed E-state index contributed by atoms with van der Waals surface area (Å²) in [4.78, 5) is 13.2. The fourth-order valence-corrected chi connectivity index (χ4v) is 9.18. The molecule has 1 heterocycles. The molecule has 1 aliphatic heterocycles. The monoisotopic (exact) mass is 980 g/mol. The van der Waals surface area contributed by atoms with Crippen molar-refractivity contribution >= 4 is 5.91 Å². The molecule has 8 N–H and O–H groups in total. The maximum absolute atomic E-state index is 13.2. The van der Waals surface area contributed by atoms with Crippen molar-refractivity contribution in [3.8, 4) is 0 Å². The molecule has 406 valence electrons. The molecule has 11 nitrogen and oxygen atoms in total. The van der Waals surface area contributed by atoms with Crippen LogP contribution in [0.5, 0.6) is 0 Å². The predicted molar refractivity (Wildman–Crippen MR) is 284 cm³/mol. The van der Waals surface area contributed by atoms with Gasteiger partial charge in [0.05, 0.1) is 25.4 Å². The number of unbranched alkanes of at least 4 members (excludes halogenated alkanes) is 31. The minimum absolute atomic E-state index is 0.243. The van der Waals surface area contributed by atoms with Crippen molar-refractivity contribution in [2.45, 2.75) is 313 Å². The van der Waals surface area contributed by atoms with Gasteiger partial charge in [-0.15, -0.1) is 0 Å². The zero-order valence-corrected chi connectivity index (χ0v) is 44.3. The Hall–Kier alpha value is -1.67. The average molecular weight is 981 g/mol. The first kappa shape index (κ1) is 65.3. The number of allylic oxidation sites excluding steroid dienone is 6. The van der Waals surface area contributed by atoms with E-state index in [1.165, 1.54) is 167 Å². The lowest BCUT2D eigenvalue weighted by Crippen LogP contribution is -2.60. The Morgan fingerprint density at radius 2 is 0.870 bits per heavy atom. The standard InChI is InChI=1S/C58H109NO10/c1-3-5-7-9-11-13-15-17-19-21-23-24-25-26-27-28-30-31-33-35-37-39-41-43-45-50(61)53(63)49(48-68-58-56(66)55(65)54(64)52(47-60)69-58)59-57(67)51(62)46-44-42-40-38-36-34-32-29-22-20-18-16-14-12-10-8-6-4-2/h25-26,30-31,37,39,49-56,58,60-66H,3-24,27-29,32-36,38,40-48H2,1-2H3,(H,59,67)/b26-25+,31-30+,39-37+. The van der Waals surface area contributed by atoms with Gasteiger partial charge in [-0.2, -0.15) is 0 Å². The SMILES string of the molecule is CCCCCCCCCCCCC/C=C/CC/C=C/CC/C=C/CCCC(O)C(O)C(COC1OC(CO)C(O)C(O)C1O)NC(=O)C(O)CCCCCCCCCCCCCCCCCCCC. The van der Waals surface area contributed by atoms with Gasteiger partial charge in [-0.25, -0.2) is 0 Å². The zero-order valence-electron chi connectivity index (χ0n) is 44.3. The average Bonchev–Trinajstić information content (AvgIpc) is 3.35. The van der Waals surface area contributed by atoms with Crippen molar-refractivity contribution in [2.75, 3.05) is 13.2 Å². The normalized spacial score (nSPS) is 20.6. The number of hydrogen-bond donors (Lipinski definition) is 8. The van der Waals surface area contributed by atoms with Gasteiger partial charge in [-0.3, -0.25) is 4.79 Å². The molecule has 0 aliphatic carbocycles. The van der Waals surface area contributed by atoms with Crippen molar-refractivity contribution in [3.63, 3.8) is 0 Å². The van der Waals surface area contributed by atoms with Crippen LogP contribution in [-0.4, -0.2) is 110 Å². The van der Waals surface area contributed by atoms with Crippen molar-refractivity contribution in [1.29, 1.82) is 0 Å². The number of aliphatic hydroxyl groups excluding tert-OH is 7. The van der Waals surface area contributed by atoms with Crippen LogP contribution in [0, 0.1) is 0 Å². The molecule has 1 fully saturated rings. The van der Waals surface area contributed by atoms with E-state index in [-0.39, 0.29) is 12.8 Å². The number of carbonyl (C=O) groups is 1. The molecule has 0 aromatic carbocycles. The summed E-state index contributed by atoms with van der Waals surface area (Å²) >= 11 is 0. The summed E-state index contributed by atoms with van der Waals surface area (Å²) in [5, 5.41) is 76.1. The molecule has 9 unspecified atom stereocenters. The lowest BCUT2D eigenvalue weighted by Gasteiger charge is -2.40. The van der Waals surface area contributed by atoms with E-state index >= 15 is 0 Å². The van der Waals surface area contributed by atoms with Crippen LogP contribution in [0.15, 0.2) is 36.5 Å². The quantitative estimate of drug-likeness (QED) is 0.0215. The third kappa shape index (κ3) is 36.0. The number of hydrogen-bond acceptors (Lipinski definition) is 10. The van der Waals surface area contributed by atoms with E-state index < -0.39 is 74.2 Å². The molecular formula is C58H109NO10. The second-order valence-corrected chi connectivity index (χ2v) is 20.3. The predicted octanol–water partition coefficient (Wildman–Crippen LogP) is 11.9. The first-order valence-corrected chi connectivity index (χ1v) is 28.9. The third-order valence-electron chi connectivity index (χ3n) is 13.9. The van der Waals surface area contributed by atoms with Crippen molar-refractivity contribution in [3.05, 3.63) is 36.5 Å². The van der Waals surface area contributed by atoms with Crippen LogP contribution >= 0.6 is 0 Å². The molecule has 0 aromatic rings. The molecule has 0 aromatic heterocycles. The van der Waals surface area contributed by atoms with Gasteiger partial charge in [0.1, 0.15) is 36.6 Å². The Kier molecular flexibility index (Phi) is 44.8. The van der Waals surface area contributed by atoms with Crippen molar-refractivity contribution in [2.24, 2.45) is 0 Å². The highest BCUT2D eigenvalue weighted by Gasteiger charge is 2.44. The van der Waals surface area contributed by atoms with Crippen LogP contribution in [0.2, 0.25) is 0 Å². The fraction of sp³-hybridized carbons (Fsp3) is 0.879. The summed E-state index contributed by atoms with van der Waals surface area (Å²) in [6.45, 7) is 3.45. The second kappa shape index (κ2) is 47.3. The molecule has 9 atom stereocenters. The van der Waals surface area contributed by atoms with E-state index in [0.717, 1.165) is 44.9 Å². The van der Waals surface area contributed by atoms with Crippen LogP contribution in [0.4, 0.5) is 0 Å². The van der Waals surface area contributed by atoms with Gasteiger partial charge in [0.25, 0.3) is 0 Å². The maximum atomic E-state index is 13.2.